The SMILES string of the molecule is N#Cc1cccc(-n2c3ccccc3c3cccc(-c4ccccc4-c4ccccc4-c4cccc5c4c4ccccc4n5-c4ccccc4C#N)c32)c1. The van der Waals surface area contributed by atoms with E-state index in [9.17, 15) is 10.5 Å². The van der Waals surface area contributed by atoms with Crippen molar-refractivity contribution in [2.24, 2.45) is 0 Å². The van der Waals surface area contributed by atoms with Crippen LogP contribution in [0.3, 0.4) is 0 Å². The minimum Gasteiger partial charge on any atom is -0.309 e. The topological polar surface area (TPSA) is 57.4 Å². The molecule has 0 unspecified atom stereocenters. The van der Waals surface area contributed by atoms with E-state index in [0.29, 0.717) is 11.1 Å². The summed E-state index contributed by atoms with van der Waals surface area (Å²) in [5.74, 6) is 0. The number of para-hydroxylation sites is 4. The quantitative estimate of drug-likeness (QED) is 0.181. The van der Waals surface area contributed by atoms with Crippen molar-refractivity contribution in [2.75, 3.05) is 0 Å². The van der Waals surface area contributed by atoms with E-state index in [4.69, 9.17) is 0 Å². The fourth-order valence-corrected chi connectivity index (χ4v) is 8.39. The van der Waals surface area contributed by atoms with Gasteiger partial charge in [-0.25, -0.2) is 0 Å². The molecule has 0 bridgehead atoms. The van der Waals surface area contributed by atoms with Crippen molar-refractivity contribution < 1.29 is 0 Å². The van der Waals surface area contributed by atoms with Crippen LogP contribution >= 0.6 is 0 Å². The van der Waals surface area contributed by atoms with Gasteiger partial charge in [0.15, 0.2) is 0 Å². The van der Waals surface area contributed by atoms with Crippen LogP contribution in [0.1, 0.15) is 11.1 Å². The maximum absolute atomic E-state index is 10.1. The van der Waals surface area contributed by atoms with Crippen molar-refractivity contribution >= 4 is 43.6 Å². The third-order valence-electron chi connectivity index (χ3n) is 10.6. The number of hydrogen-bond donors (Lipinski definition) is 0. The highest BCUT2D eigenvalue weighted by Gasteiger charge is 2.22. The van der Waals surface area contributed by atoms with Crippen molar-refractivity contribution in [3.63, 3.8) is 0 Å². The molecule has 0 radical (unpaired) electrons. The van der Waals surface area contributed by atoms with Crippen molar-refractivity contribution in [2.45, 2.75) is 0 Å². The van der Waals surface area contributed by atoms with Gasteiger partial charge in [0.25, 0.3) is 0 Å². The molecule has 10 rings (SSSR count). The fourth-order valence-electron chi connectivity index (χ4n) is 8.39. The molecule has 0 aliphatic rings. The first kappa shape index (κ1) is 31.1. The molecule has 10 aromatic rings. The molecule has 0 atom stereocenters. The van der Waals surface area contributed by atoms with E-state index in [1.165, 1.54) is 0 Å². The highest BCUT2D eigenvalue weighted by atomic mass is 15.0. The monoisotopic (exact) mass is 686 g/mol. The van der Waals surface area contributed by atoms with Gasteiger partial charge in [0.1, 0.15) is 6.07 Å². The van der Waals surface area contributed by atoms with Crippen LogP contribution in [0.15, 0.2) is 182 Å². The maximum Gasteiger partial charge on any atom is 0.101 e. The zero-order valence-corrected chi connectivity index (χ0v) is 29.1. The smallest absolute Gasteiger partial charge is 0.101 e. The van der Waals surface area contributed by atoms with E-state index in [1.807, 2.05) is 42.5 Å². The van der Waals surface area contributed by atoms with E-state index in [0.717, 1.165) is 88.4 Å². The molecule has 0 saturated carbocycles. The first-order chi connectivity index (χ1) is 26.7. The summed E-state index contributed by atoms with van der Waals surface area (Å²) in [6, 6.07) is 67.8. The molecule has 2 aromatic heterocycles. The lowest BCUT2D eigenvalue weighted by Crippen LogP contribution is -1.97. The van der Waals surface area contributed by atoms with Crippen LogP contribution in [0, 0.1) is 22.7 Å². The first-order valence-electron chi connectivity index (χ1n) is 18.0. The zero-order chi connectivity index (χ0) is 36.2. The van der Waals surface area contributed by atoms with Crippen molar-refractivity contribution in [1.29, 1.82) is 10.5 Å². The molecule has 0 saturated heterocycles. The summed E-state index contributed by atoms with van der Waals surface area (Å²) in [6.45, 7) is 0. The average molecular weight is 687 g/mol. The number of fused-ring (bicyclic) bond motifs is 6. The predicted octanol–water partition coefficient (Wildman–Crippen LogP) is 12.6. The third kappa shape index (κ3) is 4.68. The molecule has 0 spiro atoms. The van der Waals surface area contributed by atoms with Gasteiger partial charge in [-0.2, -0.15) is 10.5 Å². The van der Waals surface area contributed by atoms with Crippen LogP contribution in [0.5, 0.6) is 0 Å². The first-order valence-corrected chi connectivity index (χ1v) is 18.0. The average Bonchev–Trinajstić information content (AvgIpc) is 3.77. The molecule has 0 amide bonds. The molecule has 0 aliphatic carbocycles. The zero-order valence-electron chi connectivity index (χ0n) is 29.1. The number of benzene rings is 8. The van der Waals surface area contributed by atoms with E-state index < -0.39 is 0 Å². The van der Waals surface area contributed by atoms with Gasteiger partial charge in [-0.15, -0.1) is 0 Å². The van der Waals surface area contributed by atoms with Gasteiger partial charge in [-0.3, -0.25) is 0 Å². The normalized spacial score (nSPS) is 11.3. The second kappa shape index (κ2) is 12.5. The van der Waals surface area contributed by atoms with Crippen LogP contribution in [-0.2, 0) is 0 Å². The summed E-state index contributed by atoms with van der Waals surface area (Å²) in [5, 5.41) is 24.5. The minimum absolute atomic E-state index is 0.622. The summed E-state index contributed by atoms with van der Waals surface area (Å²) in [5.41, 5.74) is 14.1. The molecule has 0 fully saturated rings. The second-order valence-corrected chi connectivity index (χ2v) is 13.5. The van der Waals surface area contributed by atoms with Crippen LogP contribution in [0.25, 0.3) is 88.4 Å². The number of rotatable bonds is 5. The van der Waals surface area contributed by atoms with Crippen LogP contribution in [0.2, 0.25) is 0 Å². The molecule has 8 aromatic carbocycles. The lowest BCUT2D eigenvalue weighted by molar-refractivity contribution is 1.17. The fraction of sp³-hybridized carbons (Fsp3) is 0. The van der Waals surface area contributed by atoms with Crippen LogP contribution < -0.4 is 0 Å². The van der Waals surface area contributed by atoms with Gasteiger partial charge in [0.2, 0.25) is 0 Å². The van der Waals surface area contributed by atoms with Crippen LogP contribution in [-0.4, -0.2) is 9.13 Å². The van der Waals surface area contributed by atoms with Gasteiger partial charge in [-0.05, 0) is 76.3 Å². The van der Waals surface area contributed by atoms with Gasteiger partial charge in [-0.1, -0.05) is 133 Å². The maximum atomic E-state index is 10.1. The Morgan fingerprint density at radius 1 is 0.370 bits per heavy atom. The largest absolute Gasteiger partial charge is 0.309 e. The van der Waals surface area contributed by atoms with Gasteiger partial charge in [0.05, 0.1) is 45.0 Å². The Hall–Kier alpha value is -7.66. The Balaban J connectivity index is 1.25. The van der Waals surface area contributed by atoms with Crippen molar-refractivity contribution in [1.82, 2.24) is 9.13 Å². The second-order valence-electron chi connectivity index (χ2n) is 13.5. The Kier molecular flexibility index (Phi) is 7.22. The van der Waals surface area contributed by atoms with E-state index in [-0.39, 0.29) is 0 Å². The minimum atomic E-state index is 0.622. The third-order valence-corrected chi connectivity index (χ3v) is 10.6. The molecule has 250 valence electrons. The highest BCUT2D eigenvalue weighted by molar-refractivity contribution is 6.18. The molecular weight excluding hydrogens is 657 g/mol. The molecule has 0 aliphatic heterocycles. The highest BCUT2D eigenvalue weighted by Crippen LogP contribution is 2.46. The summed E-state index contributed by atoms with van der Waals surface area (Å²) in [7, 11) is 0. The molecule has 4 nitrogen and oxygen atoms in total. The summed E-state index contributed by atoms with van der Waals surface area (Å²) in [6.07, 6.45) is 0. The standard InChI is InChI=1S/C50H30N4/c51-31-33-14-11-16-35(30-33)53-46-27-9-6-21-40(46)43-25-12-24-42(50(43)53)39-20-5-3-18-37(39)36-17-2-4-19-38(36)41-23-13-29-48-49(41)44-22-7-10-28-47(44)54(48)45-26-8-1-15-34(45)32-52/h1-30H. The summed E-state index contributed by atoms with van der Waals surface area (Å²) < 4.78 is 4.53. The molecule has 2 heterocycles. The Labute approximate surface area is 312 Å². The van der Waals surface area contributed by atoms with E-state index >= 15 is 0 Å². The number of nitriles is 2. The molecule has 4 heteroatoms. The number of aromatic nitrogens is 2. The van der Waals surface area contributed by atoms with Gasteiger partial charge >= 0.3 is 0 Å². The van der Waals surface area contributed by atoms with E-state index in [1.54, 1.807) is 0 Å². The van der Waals surface area contributed by atoms with Crippen molar-refractivity contribution in [3.8, 4) is 56.9 Å². The Bertz CT molecular complexity index is 3200. The number of nitrogens with zero attached hydrogens (tertiary/aromatic N) is 4. The van der Waals surface area contributed by atoms with Gasteiger partial charge in [0, 0.05) is 32.8 Å². The summed E-state index contributed by atoms with van der Waals surface area (Å²) >= 11 is 0. The van der Waals surface area contributed by atoms with Gasteiger partial charge < -0.3 is 9.13 Å². The molecule has 0 N–H and O–H groups in total. The Morgan fingerprint density at radius 3 is 1.63 bits per heavy atom. The van der Waals surface area contributed by atoms with E-state index in [2.05, 4.69) is 161 Å². The van der Waals surface area contributed by atoms with Crippen LogP contribution in [0.4, 0.5) is 0 Å². The lowest BCUT2D eigenvalue weighted by atomic mass is 9.87. The molecule has 54 heavy (non-hydrogen) atoms. The predicted molar refractivity (Wildman–Crippen MR) is 221 cm³/mol. The number of hydrogen-bond acceptors (Lipinski definition) is 2. The lowest BCUT2D eigenvalue weighted by Gasteiger charge is -2.17. The van der Waals surface area contributed by atoms with Crippen molar-refractivity contribution in [3.05, 3.63) is 193 Å². The summed E-state index contributed by atoms with van der Waals surface area (Å²) in [4.78, 5) is 0. The molecular formula is C50H30N4. The Morgan fingerprint density at radius 2 is 0.889 bits per heavy atom.